The highest BCUT2D eigenvalue weighted by Gasteiger charge is 2.11. The van der Waals surface area contributed by atoms with E-state index < -0.39 is 0 Å². The molecule has 0 fully saturated rings. The fraction of sp³-hybridized carbons (Fsp3) is 0.0455. The number of hydrogen-bond donors (Lipinski definition) is 2. The molecular formula is C22H16ClN3O3S. The van der Waals surface area contributed by atoms with Crippen molar-refractivity contribution in [3.05, 3.63) is 77.3 Å². The molecule has 1 heterocycles. The third kappa shape index (κ3) is 4.42. The van der Waals surface area contributed by atoms with Gasteiger partial charge in [-0.25, -0.2) is 4.98 Å². The van der Waals surface area contributed by atoms with Crippen molar-refractivity contribution in [2.75, 3.05) is 12.4 Å². The van der Waals surface area contributed by atoms with Crippen molar-refractivity contribution in [1.82, 2.24) is 10.3 Å². The van der Waals surface area contributed by atoms with Gasteiger partial charge in [-0.2, -0.15) is 0 Å². The summed E-state index contributed by atoms with van der Waals surface area (Å²) in [5, 5.41) is 6.46. The molecule has 150 valence electrons. The molecule has 0 radical (unpaired) electrons. The largest absolute Gasteiger partial charge is 0.497 e. The summed E-state index contributed by atoms with van der Waals surface area (Å²) in [6.45, 7) is 0. The van der Waals surface area contributed by atoms with E-state index in [9.17, 15) is 4.79 Å². The van der Waals surface area contributed by atoms with Gasteiger partial charge in [0.05, 0.1) is 7.11 Å². The zero-order chi connectivity index (χ0) is 21.1. The van der Waals surface area contributed by atoms with E-state index in [0.29, 0.717) is 39.0 Å². The Labute approximate surface area is 182 Å². The summed E-state index contributed by atoms with van der Waals surface area (Å²) in [7, 11) is 1.57. The second-order valence-corrected chi connectivity index (χ2v) is 7.19. The van der Waals surface area contributed by atoms with Gasteiger partial charge < -0.3 is 14.5 Å². The summed E-state index contributed by atoms with van der Waals surface area (Å²) < 4.78 is 10.9. The van der Waals surface area contributed by atoms with E-state index in [1.54, 1.807) is 61.7 Å². The molecule has 0 aliphatic heterocycles. The molecule has 4 aromatic rings. The van der Waals surface area contributed by atoms with Crippen LogP contribution in [-0.2, 0) is 0 Å². The number of carbonyl (C=O) groups is 1. The molecular weight excluding hydrogens is 422 g/mol. The summed E-state index contributed by atoms with van der Waals surface area (Å²) in [5.74, 6) is 0.850. The fourth-order valence-electron chi connectivity index (χ4n) is 2.80. The standard InChI is InChI=1S/C22H16ClN3O3S/c1-28-17-9-4-13(5-10-17)20(27)26-22(30)24-16-8-11-19-18(12-16)25-21(29-19)14-2-6-15(23)7-3-14/h2-12H,1H3,(H2,24,26,27,30). The van der Waals surface area contributed by atoms with E-state index in [1.165, 1.54) is 0 Å². The Morgan fingerprint density at radius 1 is 1.07 bits per heavy atom. The fourth-order valence-corrected chi connectivity index (χ4v) is 3.14. The molecule has 0 aliphatic rings. The van der Waals surface area contributed by atoms with E-state index in [2.05, 4.69) is 15.6 Å². The molecule has 0 bridgehead atoms. The van der Waals surface area contributed by atoms with Crippen LogP contribution in [0.3, 0.4) is 0 Å². The molecule has 1 aromatic heterocycles. The lowest BCUT2D eigenvalue weighted by molar-refractivity contribution is 0.0977. The minimum atomic E-state index is -0.317. The smallest absolute Gasteiger partial charge is 0.257 e. The molecule has 8 heteroatoms. The maximum atomic E-state index is 12.3. The summed E-state index contributed by atoms with van der Waals surface area (Å²) >= 11 is 11.2. The van der Waals surface area contributed by atoms with Crippen LogP contribution in [0.25, 0.3) is 22.6 Å². The molecule has 6 nitrogen and oxygen atoms in total. The summed E-state index contributed by atoms with van der Waals surface area (Å²) in [5.41, 5.74) is 3.28. The van der Waals surface area contributed by atoms with E-state index >= 15 is 0 Å². The number of anilines is 1. The van der Waals surface area contributed by atoms with Crippen LogP contribution in [0, 0.1) is 0 Å². The van der Waals surface area contributed by atoms with Gasteiger partial charge >= 0.3 is 0 Å². The van der Waals surface area contributed by atoms with Crippen molar-refractivity contribution >= 4 is 51.6 Å². The first-order valence-corrected chi connectivity index (χ1v) is 9.73. The first-order chi connectivity index (χ1) is 14.5. The number of amides is 1. The number of halogens is 1. The highest BCUT2D eigenvalue weighted by molar-refractivity contribution is 7.80. The van der Waals surface area contributed by atoms with Gasteiger partial charge in [0.15, 0.2) is 10.7 Å². The predicted molar refractivity (Wildman–Crippen MR) is 121 cm³/mol. The van der Waals surface area contributed by atoms with Gasteiger partial charge in [0.1, 0.15) is 11.3 Å². The number of fused-ring (bicyclic) bond motifs is 1. The zero-order valence-electron chi connectivity index (χ0n) is 15.8. The Balaban J connectivity index is 1.45. The van der Waals surface area contributed by atoms with Gasteiger partial charge in [0.2, 0.25) is 5.89 Å². The van der Waals surface area contributed by atoms with Gasteiger partial charge in [-0.3, -0.25) is 10.1 Å². The highest BCUT2D eigenvalue weighted by Crippen LogP contribution is 2.27. The van der Waals surface area contributed by atoms with Gasteiger partial charge in [-0.05, 0) is 78.9 Å². The van der Waals surface area contributed by atoms with Crippen molar-refractivity contribution in [2.24, 2.45) is 0 Å². The average molecular weight is 438 g/mol. The lowest BCUT2D eigenvalue weighted by atomic mass is 10.2. The van der Waals surface area contributed by atoms with Crippen molar-refractivity contribution in [2.45, 2.75) is 0 Å². The van der Waals surface area contributed by atoms with E-state index in [0.717, 1.165) is 5.56 Å². The molecule has 0 unspecified atom stereocenters. The van der Waals surface area contributed by atoms with Crippen LogP contribution in [0.2, 0.25) is 5.02 Å². The molecule has 0 saturated carbocycles. The number of benzene rings is 3. The summed E-state index contributed by atoms with van der Waals surface area (Å²) in [6, 6.07) is 19.4. The molecule has 0 aliphatic carbocycles. The number of aromatic nitrogens is 1. The Morgan fingerprint density at radius 2 is 1.80 bits per heavy atom. The van der Waals surface area contributed by atoms with Crippen LogP contribution in [-0.4, -0.2) is 23.1 Å². The second kappa shape index (κ2) is 8.52. The maximum absolute atomic E-state index is 12.3. The normalized spacial score (nSPS) is 10.6. The van der Waals surface area contributed by atoms with Crippen molar-refractivity contribution in [3.8, 4) is 17.2 Å². The van der Waals surface area contributed by atoms with Gasteiger partial charge in [0.25, 0.3) is 5.91 Å². The topological polar surface area (TPSA) is 76.4 Å². The molecule has 1 amide bonds. The van der Waals surface area contributed by atoms with Crippen LogP contribution in [0.15, 0.2) is 71.1 Å². The average Bonchev–Trinajstić information content (AvgIpc) is 3.17. The molecule has 0 atom stereocenters. The Bertz CT molecular complexity index is 1220. The lowest BCUT2D eigenvalue weighted by Gasteiger charge is -2.09. The number of ether oxygens (including phenoxy) is 1. The third-order valence-corrected chi connectivity index (χ3v) is 4.77. The van der Waals surface area contributed by atoms with Crippen molar-refractivity contribution in [1.29, 1.82) is 0 Å². The number of rotatable bonds is 4. The monoisotopic (exact) mass is 437 g/mol. The lowest BCUT2D eigenvalue weighted by Crippen LogP contribution is -2.34. The number of nitrogens with one attached hydrogen (secondary N) is 2. The Morgan fingerprint density at radius 3 is 2.50 bits per heavy atom. The molecule has 4 rings (SSSR count). The van der Waals surface area contributed by atoms with E-state index in [1.807, 2.05) is 12.1 Å². The van der Waals surface area contributed by atoms with E-state index in [-0.39, 0.29) is 11.0 Å². The summed E-state index contributed by atoms with van der Waals surface area (Å²) in [6.07, 6.45) is 0. The van der Waals surface area contributed by atoms with Crippen molar-refractivity contribution in [3.63, 3.8) is 0 Å². The van der Waals surface area contributed by atoms with Crippen molar-refractivity contribution < 1.29 is 13.9 Å². The highest BCUT2D eigenvalue weighted by atomic mass is 35.5. The first-order valence-electron chi connectivity index (χ1n) is 8.95. The Kier molecular flexibility index (Phi) is 5.65. The minimum Gasteiger partial charge on any atom is -0.497 e. The molecule has 3 aromatic carbocycles. The molecule has 2 N–H and O–H groups in total. The number of hydrogen-bond acceptors (Lipinski definition) is 5. The van der Waals surface area contributed by atoms with Gasteiger partial charge in [-0.15, -0.1) is 0 Å². The number of methoxy groups -OCH3 is 1. The Hall–Kier alpha value is -3.42. The van der Waals surface area contributed by atoms with Gasteiger partial charge in [0, 0.05) is 21.8 Å². The second-order valence-electron chi connectivity index (χ2n) is 6.35. The van der Waals surface area contributed by atoms with Crippen LogP contribution in [0.5, 0.6) is 5.75 Å². The van der Waals surface area contributed by atoms with Gasteiger partial charge in [-0.1, -0.05) is 11.6 Å². The quantitative estimate of drug-likeness (QED) is 0.423. The van der Waals surface area contributed by atoms with Crippen LogP contribution < -0.4 is 15.4 Å². The van der Waals surface area contributed by atoms with Crippen LogP contribution in [0.1, 0.15) is 10.4 Å². The number of nitrogens with zero attached hydrogens (tertiary/aromatic N) is 1. The maximum Gasteiger partial charge on any atom is 0.257 e. The number of carbonyl (C=O) groups excluding carboxylic acids is 1. The molecule has 30 heavy (non-hydrogen) atoms. The van der Waals surface area contributed by atoms with E-state index in [4.69, 9.17) is 33.0 Å². The minimum absolute atomic E-state index is 0.177. The summed E-state index contributed by atoms with van der Waals surface area (Å²) in [4.78, 5) is 16.8. The zero-order valence-corrected chi connectivity index (χ0v) is 17.4. The SMILES string of the molecule is COc1ccc(C(=O)NC(=S)Nc2ccc3oc(-c4ccc(Cl)cc4)nc3c2)cc1. The number of oxazole rings is 1. The van der Waals surface area contributed by atoms with Crippen LogP contribution >= 0.6 is 23.8 Å². The third-order valence-electron chi connectivity index (χ3n) is 4.32. The number of thiocarbonyl (C=S) groups is 1. The molecule has 0 spiro atoms. The predicted octanol–water partition coefficient (Wildman–Crippen LogP) is 5.28. The first kappa shape index (κ1) is 19.9. The molecule has 0 saturated heterocycles. The van der Waals surface area contributed by atoms with Crippen LogP contribution in [0.4, 0.5) is 5.69 Å².